The van der Waals surface area contributed by atoms with Crippen molar-refractivity contribution in [3.63, 3.8) is 0 Å². The van der Waals surface area contributed by atoms with Crippen LogP contribution in [-0.4, -0.2) is 30.1 Å². The molecule has 4 aromatic rings. The van der Waals surface area contributed by atoms with Crippen LogP contribution < -0.4 is 5.69 Å². The van der Waals surface area contributed by atoms with E-state index in [9.17, 15) is 27.9 Å². The van der Waals surface area contributed by atoms with Gasteiger partial charge < -0.3 is 5.11 Å². The summed E-state index contributed by atoms with van der Waals surface area (Å²) < 4.78 is 42.9. The van der Waals surface area contributed by atoms with Crippen molar-refractivity contribution in [2.75, 3.05) is 0 Å². The number of alkyl halides is 3. The van der Waals surface area contributed by atoms with Crippen molar-refractivity contribution in [1.29, 1.82) is 5.26 Å². The molecule has 0 aliphatic rings. The fraction of sp³-hybridized carbons (Fsp3) is 0.0909. The molecule has 0 spiro atoms. The number of benzene rings is 2. The van der Waals surface area contributed by atoms with Gasteiger partial charge in [-0.3, -0.25) is 4.57 Å². The van der Waals surface area contributed by atoms with Crippen molar-refractivity contribution in [2.45, 2.75) is 13.1 Å². The zero-order chi connectivity index (χ0) is 24.8. The number of hydrogen-bond donors (Lipinski definition) is 1. The molecule has 0 saturated heterocycles. The molecule has 8 nitrogen and oxygen atoms in total. The summed E-state index contributed by atoms with van der Waals surface area (Å²) in [5.41, 5.74) is -1.11. The van der Waals surface area contributed by atoms with Gasteiger partial charge >= 0.3 is 18.0 Å². The van der Waals surface area contributed by atoms with Crippen molar-refractivity contribution >= 4 is 22.0 Å². The second kappa shape index (κ2) is 8.35. The van der Waals surface area contributed by atoms with Crippen LogP contribution in [0, 0.1) is 18.3 Å². The summed E-state index contributed by atoms with van der Waals surface area (Å²) in [6, 6.07) is 12.2. The average molecular weight is 532 g/mol. The molecule has 0 atom stereocenters. The topological polar surface area (TPSA) is 106 Å². The number of nitriles is 1. The third kappa shape index (κ3) is 3.80. The number of halogens is 4. The standard InChI is InChI=1S/C22H13BrF3N5O3/c1-12-19(18-7-8-28-31(18)17-6-5-13(11-27)9-16(17)23)30(21(33)34)20(32)29(12)15-4-2-3-14(10-15)22(24,25)26/h2-10H,1H3,(H,33,34). The van der Waals surface area contributed by atoms with E-state index in [-0.39, 0.29) is 22.8 Å². The SMILES string of the molecule is Cc1c(-c2ccnn2-c2ccc(C#N)cc2Br)n(C(=O)O)c(=O)n1-c1cccc(C(F)(F)F)c1. The first-order valence-corrected chi connectivity index (χ1v) is 10.3. The molecule has 2 heterocycles. The maximum Gasteiger partial charge on any atom is 0.420 e. The largest absolute Gasteiger partial charge is 0.464 e. The van der Waals surface area contributed by atoms with Crippen LogP contribution in [0.15, 0.2) is 64.0 Å². The average Bonchev–Trinajstić information content (AvgIpc) is 3.34. The molecule has 0 amide bonds. The lowest BCUT2D eigenvalue weighted by molar-refractivity contribution is -0.137. The maximum absolute atomic E-state index is 13.2. The Hall–Kier alpha value is -4.11. The van der Waals surface area contributed by atoms with Gasteiger partial charge in [-0.1, -0.05) is 6.07 Å². The highest BCUT2D eigenvalue weighted by atomic mass is 79.9. The molecule has 0 bridgehead atoms. The molecule has 172 valence electrons. The first-order valence-electron chi connectivity index (χ1n) is 9.54. The van der Waals surface area contributed by atoms with Gasteiger partial charge in [0.15, 0.2) is 0 Å². The summed E-state index contributed by atoms with van der Waals surface area (Å²) in [6.45, 7) is 1.43. The summed E-state index contributed by atoms with van der Waals surface area (Å²) in [7, 11) is 0. The van der Waals surface area contributed by atoms with Crippen LogP contribution >= 0.6 is 15.9 Å². The van der Waals surface area contributed by atoms with Crippen molar-refractivity contribution in [3.05, 3.63) is 86.5 Å². The van der Waals surface area contributed by atoms with Crippen LogP contribution in [0.2, 0.25) is 0 Å². The van der Waals surface area contributed by atoms with Gasteiger partial charge in [0.25, 0.3) is 0 Å². The minimum atomic E-state index is -4.65. The Bertz CT molecular complexity index is 1540. The van der Waals surface area contributed by atoms with E-state index in [1.807, 2.05) is 6.07 Å². The quantitative estimate of drug-likeness (QED) is 0.401. The molecule has 4 rings (SSSR count). The van der Waals surface area contributed by atoms with E-state index in [4.69, 9.17) is 5.26 Å². The Morgan fingerprint density at radius 1 is 1.18 bits per heavy atom. The van der Waals surface area contributed by atoms with Crippen molar-refractivity contribution in [1.82, 2.24) is 18.9 Å². The molecule has 1 N–H and O–H groups in total. The Morgan fingerprint density at radius 3 is 2.53 bits per heavy atom. The fourth-order valence-electron chi connectivity index (χ4n) is 3.63. The monoisotopic (exact) mass is 531 g/mol. The molecule has 0 saturated carbocycles. The highest BCUT2D eigenvalue weighted by Gasteiger charge is 2.32. The molecular formula is C22H13BrF3N5O3. The lowest BCUT2D eigenvalue weighted by atomic mass is 10.2. The Kier molecular flexibility index (Phi) is 5.66. The van der Waals surface area contributed by atoms with E-state index in [0.717, 1.165) is 22.8 Å². The molecule has 34 heavy (non-hydrogen) atoms. The minimum absolute atomic E-state index is 0.0660. The summed E-state index contributed by atoms with van der Waals surface area (Å²) in [5.74, 6) is 0. The van der Waals surface area contributed by atoms with Crippen LogP contribution in [0.3, 0.4) is 0 Å². The first kappa shape index (κ1) is 23.1. The number of carbonyl (C=O) groups is 1. The fourth-order valence-corrected chi connectivity index (χ4v) is 4.18. The molecule has 0 aliphatic carbocycles. The van der Waals surface area contributed by atoms with E-state index < -0.39 is 23.5 Å². The smallest absolute Gasteiger partial charge is 0.420 e. The van der Waals surface area contributed by atoms with Gasteiger partial charge in [-0.15, -0.1) is 0 Å². The van der Waals surface area contributed by atoms with Crippen LogP contribution in [0.5, 0.6) is 0 Å². The summed E-state index contributed by atoms with van der Waals surface area (Å²) in [6.07, 6.45) is -4.87. The highest BCUT2D eigenvalue weighted by Crippen LogP contribution is 2.33. The Morgan fingerprint density at radius 2 is 1.91 bits per heavy atom. The van der Waals surface area contributed by atoms with Crippen LogP contribution in [0.1, 0.15) is 16.8 Å². The number of imidazole rings is 1. The van der Waals surface area contributed by atoms with E-state index in [1.54, 1.807) is 12.1 Å². The van der Waals surface area contributed by atoms with Crippen LogP contribution in [0.4, 0.5) is 18.0 Å². The second-order valence-corrected chi connectivity index (χ2v) is 7.98. The molecule has 2 aromatic carbocycles. The first-order chi connectivity index (χ1) is 16.0. The minimum Gasteiger partial charge on any atom is -0.464 e. The predicted octanol–water partition coefficient (Wildman–Crippen LogP) is 4.98. The van der Waals surface area contributed by atoms with Gasteiger partial charge in [0, 0.05) is 4.47 Å². The van der Waals surface area contributed by atoms with Gasteiger partial charge in [-0.2, -0.15) is 28.1 Å². The number of nitrogens with zero attached hydrogens (tertiary/aromatic N) is 5. The van der Waals surface area contributed by atoms with Crippen LogP contribution in [0.25, 0.3) is 22.8 Å². The summed E-state index contributed by atoms with van der Waals surface area (Å²) >= 11 is 3.36. The van der Waals surface area contributed by atoms with Crippen molar-refractivity contribution in [2.24, 2.45) is 0 Å². The number of rotatable bonds is 3. The van der Waals surface area contributed by atoms with Crippen molar-refractivity contribution in [3.8, 4) is 28.8 Å². The summed E-state index contributed by atoms with van der Waals surface area (Å²) in [4.78, 5) is 25.1. The van der Waals surface area contributed by atoms with Gasteiger partial charge in [-0.05, 0) is 65.3 Å². The molecule has 0 aliphatic heterocycles. The van der Waals surface area contributed by atoms with E-state index in [2.05, 4.69) is 21.0 Å². The second-order valence-electron chi connectivity index (χ2n) is 7.12. The van der Waals surface area contributed by atoms with E-state index >= 15 is 0 Å². The van der Waals surface area contributed by atoms with Gasteiger partial charge in [0.2, 0.25) is 0 Å². The molecule has 2 aromatic heterocycles. The Balaban J connectivity index is 1.99. The number of hydrogen-bond acceptors (Lipinski definition) is 4. The predicted molar refractivity (Wildman–Crippen MR) is 118 cm³/mol. The normalized spacial score (nSPS) is 11.4. The molecule has 0 unspecified atom stereocenters. The van der Waals surface area contributed by atoms with E-state index in [1.165, 1.54) is 36.0 Å². The molecule has 0 fully saturated rings. The van der Waals surface area contributed by atoms with Crippen molar-refractivity contribution < 1.29 is 23.1 Å². The van der Waals surface area contributed by atoms with Crippen LogP contribution in [-0.2, 0) is 6.18 Å². The van der Waals surface area contributed by atoms with Gasteiger partial charge in [0.05, 0.1) is 46.2 Å². The van der Waals surface area contributed by atoms with Gasteiger partial charge in [-0.25, -0.2) is 14.3 Å². The maximum atomic E-state index is 13.2. The molecular weight excluding hydrogens is 519 g/mol. The Labute approximate surface area is 197 Å². The number of carboxylic acid groups (broad SMARTS) is 1. The third-order valence-electron chi connectivity index (χ3n) is 5.10. The third-order valence-corrected chi connectivity index (χ3v) is 5.73. The van der Waals surface area contributed by atoms with Gasteiger partial charge in [0.1, 0.15) is 5.69 Å². The zero-order valence-electron chi connectivity index (χ0n) is 17.2. The zero-order valence-corrected chi connectivity index (χ0v) is 18.8. The molecule has 12 heteroatoms. The number of aromatic nitrogens is 4. The lowest BCUT2D eigenvalue weighted by Gasteiger charge is -2.12. The highest BCUT2D eigenvalue weighted by molar-refractivity contribution is 9.10. The lowest BCUT2D eigenvalue weighted by Crippen LogP contribution is -2.28. The van der Waals surface area contributed by atoms with E-state index in [0.29, 0.717) is 20.3 Å². The molecule has 0 radical (unpaired) electrons. The summed E-state index contributed by atoms with van der Waals surface area (Å²) in [5, 5.41) is 23.1.